The van der Waals surface area contributed by atoms with Crippen LogP contribution in [0.4, 0.5) is 11.8 Å². The topological polar surface area (TPSA) is 113 Å². The molecule has 0 aliphatic heterocycles. The molecule has 7 nitrogen and oxygen atoms in total. The van der Waals surface area contributed by atoms with Gasteiger partial charge in [-0.3, -0.25) is 4.79 Å². The van der Waals surface area contributed by atoms with Gasteiger partial charge in [-0.15, -0.1) is 0 Å². The number of carbonyl (C=O) groups excluding carboxylic acids is 1. The highest BCUT2D eigenvalue weighted by Gasteiger charge is 2.22. The van der Waals surface area contributed by atoms with Crippen molar-refractivity contribution in [2.75, 3.05) is 17.7 Å². The molecule has 0 spiro atoms. The van der Waals surface area contributed by atoms with Gasteiger partial charge in [0.1, 0.15) is 5.82 Å². The number of aliphatic hydroxyl groups excluding tert-OH is 1. The third-order valence-electron chi connectivity index (χ3n) is 3.27. The summed E-state index contributed by atoms with van der Waals surface area (Å²) in [6.45, 7) is 0. The molecule has 0 bridgehead atoms. The molecule has 0 unspecified atom stereocenters. The minimum atomic E-state index is -0.568. The Morgan fingerprint density at radius 2 is 2.32 bits per heavy atom. The first-order valence-corrected chi connectivity index (χ1v) is 6.39. The fourth-order valence-corrected chi connectivity index (χ4v) is 2.28. The summed E-state index contributed by atoms with van der Waals surface area (Å²) >= 11 is 0. The van der Waals surface area contributed by atoms with Crippen molar-refractivity contribution in [1.82, 2.24) is 9.97 Å². The maximum absolute atomic E-state index is 11.4. The summed E-state index contributed by atoms with van der Waals surface area (Å²) in [7, 11) is 1.70. The van der Waals surface area contributed by atoms with Crippen molar-refractivity contribution in [3.8, 4) is 0 Å². The standard InChI is InChI=1S/C12H19N5O2/c1-14-12-15-6-9(10(13)19)11(17-12)16-7-3-2-4-8(18)5-7/h6-8,18H,2-5H2,1H3,(H2,13,19)(H2,14,15,16,17)/t7-,8+/m1/s1. The van der Waals surface area contributed by atoms with Crippen LogP contribution in [-0.4, -0.2) is 40.2 Å². The number of aliphatic hydroxyl groups is 1. The van der Waals surface area contributed by atoms with E-state index >= 15 is 0 Å². The van der Waals surface area contributed by atoms with Gasteiger partial charge in [-0.2, -0.15) is 4.98 Å². The van der Waals surface area contributed by atoms with Crippen LogP contribution in [0.15, 0.2) is 6.20 Å². The van der Waals surface area contributed by atoms with E-state index in [2.05, 4.69) is 20.6 Å². The fraction of sp³-hybridized carbons (Fsp3) is 0.583. The number of carbonyl (C=O) groups is 1. The van der Waals surface area contributed by atoms with Crippen molar-refractivity contribution in [3.05, 3.63) is 11.8 Å². The maximum Gasteiger partial charge on any atom is 0.254 e. The number of hydrogen-bond acceptors (Lipinski definition) is 6. The van der Waals surface area contributed by atoms with Crippen molar-refractivity contribution < 1.29 is 9.90 Å². The first-order valence-electron chi connectivity index (χ1n) is 6.39. The Morgan fingerprint density at radius 1 is 1.53 bits per heavy atom. The van der Waals surface area contributed by atoms with Crippen LogP contribution in [0.5, 0.6) is 0 Å². The molecule has 1 heterocycles. The predicted octanol–water partition coefficient (Wildman–Crippen LogP) is 0.333. The van der Waals surface area contributed by atoms with Crippen molar-refractivity contribution in [3.63, 3.8) is 0 Å². The number of aromatic nitrogens is 2. The second-order valence-corrected chi connectivity index (χ2v) is 4.73. The Kier molecular flexibility index (Phi) is 4.16. The third-order valence-corrected chi connectivity index (χ3v) is 3.27. The van der Waals surface area contributed by atoms with Gasteiger partial charge in [0.15, 0.2) is 0 Å². The highest BCUT2D eigenvalue weighted by Crippen LogP contribution is 2.23. The van der Waals surface area contributed by atoms with E-state index in [1.54, 1.807) is 7.05 Å². The van der Waals surface area contributed by atoms with Gasteiger partial charge in [0, 0.05) is 19.3 Å². The van der Waals surface area contributed by atoms with Gasteiger partial charge in [0.2, 0.25) is 5.95 Å². The molecule has 0 saturated heterocycles. The number of amides is 1. The summed E-state index contributed by atoms with van der Waals surface area (Å²) < 4.78 is 0. The van der Waals surface area contributed by atoms with Gasteiger partial charge in [-0.05, 0) is 25.7 Å². The molecule has 1 aliphatic rings. The summed E-state index contributed by atoms with van der Waals surface area (Å²) in [5.74, 6) is 0.274. The molecule has 2 rings (SSSR count). The van der Waals surface area contributed by atoms with Crippen molar-refractivity contribution in [2.45, 2.75) is 37.8 Å². The maximum atomic E-state index is 11.4. The van der Waals surface area contributed by atoms with E-state index in [0.29, 0.717) is 18.2 Å². The average Bonchev–Trinajstić information content (AvgIpc) is 2.38. The zero-order valence-electron chi connectivity index (χ0n) is 10.9. The summed E-state index contributed by atoms with van der Waals surface area (Å²) in [5.41, 5.74) is 5.57. The van der Waals surface area contributed by atoms with E-state index in [-0.39, 0.29) is 17.7 Å². The van der Waals surface area contributed by atoms with E-state index in [1.165, 1.54) is 6.20 Å². The molecule has 0 aromatic carbocycles. The molecule has 1 aromatic heterocycles. The molecule has 1 aromatic rings. The zero-order valence-corrected chi connectivity index (χ0v) is 10.9. The largest absolute Gasteiger partial charge is 0.393 e. The van der Waals surface area contributed by atoms with Crippen molar-refractivity contribution in [2.24, 2.45) is 5.73 Å². The minimum absolute atomic E-state index is 0.0986. The number of nitrogens with zero attached hydrogens (tertiary/aromatic N) is 2. The lowest BCUT2D eigenvalue weighted by atomic mass is 9.93. The van der Waals surface area contributed by atoms with Crippen LogP contribution in [0.3, 0.4) is 0 Å². The number of primary amides is 1. The molecule has 2 atom stereocenters. The van der Waals surface area contributed by atoms with Crippen molar-refractivity contribution >= 4 is 17.7 Å². The molecule has 1 amide bonds. The second kappa shape index (κ2) is 5.83. The molecule has 104 valence electrons. The lowest BCUT2D eigenvalue weighted by Crippen LogP contribution is -2.31. The van der Waals surface area contributed by atoms with Crippen LogP contribution in [0.2, 0.25) is 0 Å². The highest BCUT2D eigenvalue weighted by molar-refractivity contribution is 5.97. The normalized spacial score (nSPS) is 22.8. The number of rotatable bonds is 4. The first-order chi connectivity index (χ1) is 9.10. The van der Waals surface area contributed by atoms with E-state index in [0.717, 1.165) is 19.3 Å². The van der Waals surface area contributed by atoms with Gasteiger partial charge < -0.3 is 21.5 Å². The minimum Gasteiger partial charge on any atom is -0.393 e. The van der Waals surface area contributed by atoms with Gasteiger partial charge in [0.05, 0.1) is 11.7 Å². The first kappa shape index (κ1) is 13.5. The number of nitrogens with two attached hydrogens (primary N) is 1. The Labute approximate surface area is 111 Å². The van der Waals surface area contributed by atoms with Gasteiger partial charge in [0.25, 0.3) is 5.91 Å². The summed E-state index contributed by atoms with van der Waals surface area (Å²) in [4.78, 5) is 19.6. The van der Waals surface area contributed by atoms with E-state index < -0.39 is 5.91 Å². The molecule has 7 heteroatoms. The quantitative estimate of drug-likeness (QED) is 0.624. The molecule has 1 saturated carbocycles. The van der Waals surface area contributed by atoms with E-state index in [9.17, 15) is 9.90 Å². The van der Waals surface area contributed by atoms with E-state index in [4.69, 9.17) is 5.73 Å². The number of nitrogens with one attached hydrogen (secondary N) is 2. The summed E-state index contributed by atoms with van der Waals surface area (Å²) in [5, 5.41) is 15.7. The Hall–Kier alpha value is -1.89. The zero-order chi connectivity index (χ0) is 13.8. The molecule has 1 aliphatic carbocycles. The third kappa shape index (κ3) is 3.31. The molecular formula is C12H19N5O2. The lowest BCUT2D eigenvalue weighted by molar-refractivity contribution is 0.100. The Balaban J connectivity index is 2.19. The fourth-order valence-electron chi connectivity index (χ4n) is 2.28. The van der Waals surface area contributed by atoms with Crippen LogP contribution >= 0.6 is 0 Å². The van der Waals surface area contributed by atoms with Crippen LogP contribution < -0.4 is 16.4 Å². The molecule has 19 heavy (non-hydrogen) atoms. The molecule has 5 N–H and O–H groups in total. The molecule has 0 radical (unpaired) electrons. The molecule has 1 fully saturated rings. The monoisotopic (exact) mass is 265 g/mol. The van der Waals surface area contributed by atoms with Crippen molar-refractivity contribution in [1.29, 1.82) is 0 Å². The van der Waals surface area contributed by atoms with Crippen LogP contribution in [-0.2, 0) is 0 Å². The highest BCUT2D eigenvalue weighted by atomic mass is 16.3. The Bertz CT molecular complexity index is 465. The van der Waals surface area contributed by atoms with Gasteiger partial charge >= 0.3 is 0 Å². The summed E-state index contributed by atoms with van der Waals surface area (Å²) in [6.07, 6.45) is 4.48. The van der Waals surface area contributed by atoms with Gasteiger partial charge in [-0.1, -0.05) is 0 Å². The Morgan fingerprint density at radius 3 is 2.95 bits per heavy atom. The van der Waals surface area contributed by atoms with Crippen LogP contribution in [0.25, 0.3) is 0 Å². The van der Waals surface area contributed by atoms with E-state index in [1.807, 2.05) is 0 Å². The molecular weight excluding hydrogens is 246 g/mol. The lowest BCUT2D eigenvalue weighted by Gasteiger charge is -2.27. The number of hydrogen-bond donors (Lipinski definition) is 4. The van der Waals surface area contributed by atoms with Crippen LogP contribution in [0.1, 0.15) is 36.0 Å². The number of anilines is 2. The average molecular weight is 265 g/mol. The van der Waals surface area contributed by atoms with Gasteiger partial charge in [-0.25, -0.2) is 4.98 Å². The second-order valence-electron chi connectivity index (χ2n) is 4.73. The SMILES string of the molecule is CNc1ncc(C(N)=O)c(N[C@@H]2CCC[C@H](O)C2)n1. The predicted molar refractivity (Wildman–Crippen MR) is 72.0 cm³/mol. The van der Waals surface area contributed by atoms with Crippen LogP contribution in [0, 0.1) is 0 Å². The smallest absolute Gasteiger partial charge is 0.254 e. The summed E-state index contributed by atoms with van der Waals surface area (Å²) in [6, 6.07) is 0.0986.